The molecule has 0 radical (unpaired) electrons. The second-order valence-electron chi connectivity index (χ2n) is 5.02. The van der Waals surface area contributed by atoms with Gasteiger partial charge >= 0.3 is 0 Å². The Bertz CT molecular complexity index is 429. The number of hydrogen-bond acceptors (Lipinski definition) is 1. The fraction of sp³-hybridized carbons (Fsp3) is 0.467. The molecule has 0 aliphatic heterocycles. The first-order valence-electron chi connectivity index (χ1n) is 6.11. The number of rotatable bonds is 1. The van der Waals surface area contributed by atoms with Crippen LogP contribution in [0.1, 0.15) is 41.5 Å². The molecule has 0 spiro atoms. The van der Waals surface area contributed by atoms with E-state index >= 15 is 0 Å². The summed E-state index contributed by atoms with van der Waals surface area (Å²) in [4.78, 5) is 0. The predicted molar refractivity (Wildman–Crippen MR) is 70.5 cm³/mol. The van der Waals surface area contributed by atoms with Crippen LogP contribution in [0.15, 0.2) is 18.2 Å². The van der Waals surface area contributed by atoms with E-state index in [-0.39, 0.29) is 0 Å². The molecule has 0 bridgehead atoms. The maximum Gasteiger partial charge on any atom is 0.00767 e. The van der Waals surface area contributed by atoms with Crippen molar-refractivity contribution in [2.75, 3.05) is 0 Å². The van der Waals surface area contributed by atoms with Gasteiger partial charge in [0.05, 0.1) is 0 Å². The number of nitrogens with two attached hydrogens (primary N) is 1. The summed E-state index contributed by atoms with van der Waals surface area (Å²) >= 11 is 0. The quantitative estimate of drug-likeness (QED) is 0.762. The summed E-state index contributed by atoms with van der Waals surface area (Å²) in [6.07, 6.45) is 5.61. The Kier molecular flexibility index (Phi) is 3.15. The van der Waals surface area contributed by atoms with E-state index in [0.717, 1.165) is 19.3 Å². The molecule has 2 N–H and O–H groups in total. The lowest BCUT2D eigenvalue weighted by Gasteiger charge is -2.20. The van der Waals surface area contributed by atoms with Gasteiger partial charge in [-0.1, -0.05) is 18.2 Å². The van der Waals surface area contributed by atoms with Crippen molar-refractivity contribution in [3.8, 4) is 0 Å². The zero-order chi connectivity index (χ0) is 11.7. The first kappa shape index (κ1) is 11.4. The summed E-state index contributed by atoms with van der Waals surface area (Å²) in [7, 11) is 0. The molecule has 1 atom stereocenters. The molecule has 0 saturated heterocycles. The molecule has 0 amide bonds. The summed E-state index contributed by atoms with van der Waals surface area (Å²) < 4.78 is 0. The van der Waals surface area contributed by atoms with E-state index in [2.05, 4.69) is 39.0 Å². The normalized spacial score (nSPS) is 20.8. The monoisotopic (exact) mass is 215 g/mol. The van der Waals surface area contributed by atoms with Crippen LogP contribution in [-0.2, 0) is 0 Å². The minimum Gasteiger partial charge on any atom is -0.327 e. The molecule has 1 heteroatoms. The number of allylic oxidation sites excluding steroid dienone is 1. The summed E-state index contributed by atoms with van der Waals surface area (Å²) in [6.45, 7) is 6.57. The molecule has 86 valence electrons. The van der Waals surface area contributed by atoms with Crippen LogP contribution in [0.4, 0.5) is 0 Å². The van der Waals surface area contributed by atoms with E-state index in [1.165, 1.54) is 27.8 Å². The van der Waals surface area contributed by atoms with Gasteiger partial charge in [0.2, 0.25) is 0 Å². The van der Waals surface area contributed by atoms with Gasteiger partial charge < -0.3 is 5.73 Å². The van der Waals surface area contributed by atoms with Crippen LogP contribution < -0.4 is 5.73 Å². The maximum absolute atomic E-state index is 5.92. The maximum atomic E-state index is 5.92. The van der Waals surface area contributed by atoms with Crippen molar-refractivity contribution in [2.45, 2.75) is 46.1 Å². The largest absolute Gasteiger partial charge is 0.327 e. The summed E-state index contributed by atoms with van der Waals surface area (Å²) in [5.74, 6) is 0. The topological polar surface area (TPSA) is 26.0 Å². The standard InChI is InChI=1S/C15H21N/c1-10-8-12(3)15(9-11(10)2)13-4-6-14(16)7-5-13/h4,8-9,14H,5-7,16H2,1-3H3. The van der Waals surface area contributed by atoms with Crippen molar-refractivity contribution in [3.63, 3.8) is 0 Å². The third kappa shape index (κ3) is 2.19. The van der Waals surface area contributed by atoms with Gasteiger partial charge in [0.1, 0.15) is 0 Å². The average Bonchev–Trinajstić information content (AvgIpc) is 2.25. The van der Waals surface area contributed by atoms with E-state index in [0.29, 0.717) is 6.04 Å². The van der Waals surface area contributed by atoms with Gasteiger partial charge in [-0.3, -0.25) is 0 Å². The average molecular weight is 215 g/mol. The van der Waals surface area contributed by atoms with Crippen molar-refractivity contribution in [1.29, 1.82) is 0 Å². The first-order chi connectivity index (χ1) is 7.58. The molecule has 1 aliphatic rings. The zero-order valence-corrected chi connectivity index (χ0v) is 10.5. The van der Waals surface area contributed by atoms with Crippen LogP contribution >= 0.6 is 0 Å². The summed E-state index contributed by atoms with van der Waals surface area (Å²) in [6, 6.07) is 4.99. The third-order valence-corrected chi connectivity index (χ3v) is 3.64. The molecule has 1 aromatic rings. The highest BCUT2D eigenvalue weighted by Crippen LogP contribution is 2.30. The second kappa shape index (κ2) is 4.42. The lowest BCUT2D eigenvalue weighted by Crippen LogP contribution is -2.21. The minimum absolute atomic E-state index is 0.371. The minimum atomic E-state index is 0.371. The molecule has 16 heavy (non-hydrogen) atoms. The van der Waals surface area contributed by atoms with Crippen molar-refractivity contribution >= 4 is 5.57 Å². The molecule has 0 heterocycles. The molecular weight excluding hydrogens is 194 g/mol. The van der Waals surface area contributed by atoms with Crippen LogP contribution in [0.5, 0.6) is 0 Å². The first-order valence-corrected chi connectivity index (χ1v) is 6.11. The van der Waals surface area contributed by atoms with E-state index in [1.807, 2.05) is 0 Å². The number of hydrogen-bond donors (Lipinski definition) is 1. The highest BCUT2D eigenvalue weighted by atomic mass is 14.6. The Morgan fingerprint density at radius 2 is 1.75 bits per heavy atom. The SMILES string of the molecule is Cc1cc(C)c(C2=CCC(N)CC2)cc1C. The predicted octanol–water partition coefficient (Wildman–Crippen LogP) is 3.51. The van der Waals surface area contributed by atoms with Crippen molar-refractivity contribution in [3.05, 3.63) is 40.5 Å². The highest BCUT2D eigenvalue weighted by molar-refractivity contribution is 5.70. The highest BCUT2D eigenvalue weighted by Gasteiger charge is 2.13. The van der Waals surface area contributed by atoms with Gasteiger partial charge in [-0.2, -0.15) is 0 Å². The molecule has 0 saturated carbocycles. The molecular formula is C15H21N. The van der Waals surface area contributed by atoms with E-state index in [9.17, 15) is 0 Å². The van der Waals surface area contributed by atoms with Gasteiger partial charge in [-0.05, 0) is 67.9 Å². The van der Waals surface area contributed by atoms with E-state index in [1.54, 1.807) is 0 Å². The molecule has 1 nitrogen and oxygen atoms in total. The van der Waals surface area contributed by atoms with Gasteiger partial charge in [-0.15, -0.1) is 0 Å². The molecule has 0 fully saturated rings. The molecule has 1 aromatic carbocycles. The van der Waals surface area contributed by atoms with Crippen molar-refractivity contribution < 1.29 is 0 Å². The Morgan fingerprint density at radius 1 is 1.06 bits per heavy atom. The van der Waals surface area contributed by atoms with Crippen LogP contribution in [0.25, 0.3) is 5.57 Å². The Balaban J connectivity index is 2.37. The van der Waals surface area contributed by atoms with Crippen LogP contribution in [0.3, 0.4) is 0 Å². The van der Waals surface area contributed by atoms with Crippen molar-refractivity contribution in [2.24, 2.45) is 5.73 Å². The smallest absolute Gasteiger partial charge is 0.00767 e. The van der Waals surface area contributed by atoms with Crippen LogP contribution in [0, 0.1) is 20.8 Å². The molecule has 1 aliphatic carbocycles. The lowest BCUT2D eigenvalue weighted by atomic mass is 9.87. The van der Waals surface area contributed by atoms with E-state index in [4.69, 9.17) is 5.73 Å². The Labute approximate surface area is 98.4 Å². The van der Waals surface area contributed by atoms with Gasteiger partial charge in [0.15, 0.2) is 0 Å². The zero-order valence-electron chi connectivity index (χ0n) is 10.5. The van der Waals surface area contributed by atoms with Gasteiger partial charge in [0.25, 0.3) is 0 Å². The van der Waals surface area contributed by atoms with Crippen LogP contribution in [0.2, 0.25) is 0 Å². The number of aryl methyl sites for hydroxylation is 3. The molecule has 2 rings (SSSR count). The number of benzene rings is 1. The van der Waals surface area contributed by atoms with E-state index < -0.39 is 0 Å². The Morgan fingerprint density at radius 3 is 2.38 bits per heavy atom. The fourth-order valence-corrected chi connectivity index (χ4v) is 2.41. The van der Waals surface area contributed by atoms with Gasteiger partial charge in [-0.25, -0.2) is 0 Å². The molecule has 1 unspecified atom stereocenters. The van der Waals surface area contributed by atoms with Crippen LogP contribution in [-0.4, -0.2) is 6.04 Å². The molecule has 0 aromatic heterocycles. The van der Waals surface area contributed by atoms with Gasteiger partial charge in [0, 0.05) is 6.04 Å². The lowest BCUT2D eigenvalue weighted by molar-refractivity contribution is 0.614. The fourth-order valence-electron chi connectivity index (χ4n) is 2.41. The Hall–Kier alpha value is -1.08. The second-order valence-corrected chi connectivity index (χ2v) is 5.02. The third-order valence-electron chi connectivity index (χ3n) is 3.64. The summed E-state index contributed by atoms with van der Waals surface area (Å²) in [5, 5.41) is 0. The van der Waals surface area contributed by atoms with Crippen molar-refractivity contribution in [1.82, 2.24) is 0 Å². The summed E-state index contributed by atoms with van der Waals surface area (Å²) in [5.41, 5.74) is 13.0.